The van der Waals surface area contributed by atoms with Gasteiger partial charge in [0.15, 0.2) is 5.52 Å². The molecular weight excluding hydrogens is 433 g/mol. The van der Waals surface area contributed by atoms with Gasteiger partial charge in [0.05, 0.1) is 12.3 Å². The number of hydrogen-bond acceptors (Lipinski definition) is 7. The first kappa shape index (κ1) is 24.6. The molecule has 0 atom stereocenters. The van der Waals surface area contributed by atoms with E-state index >= 15 is 0 Å². The predicted octanol–water partition coefficient (Wildman–Crippen LogP) is 5.05. The van der Waals surface area contributed by atoms with E-state index in [2.05, 4.69) is 72.4 Å². The first-order chi connectivity index (χ1) is 16.1. The minimum Gasteiger partial charge on any atom is -0.466 e. The zero-order valence-electron chi connectivity index (χ0n) is 19.7. The van der Waals surface area contributed by atoms with E-state index in [1.54, 1.807) is 19.6 Å². The standard InChI is InChI=1S/C25H30BN3O3S/c1-4-29(5-2)21-15-13-19(24-25(21)28-32-27-24)12-14-20(10-8-16-31-23(30)17-26)33-22-11-7-6-9-18(22)3/h6-7,9-15H,4-5,8,16-17,26H2,1-3H3/b14-12+,20-10+. The van der Waals surface area contributed by atoms with Gasteiger partial charge in [-0.3, -0.25) is 4.79 Å². The molecule has 3 rings (SSSR count). The Morgan fingerprint density at radius 1 is 1.15 bits per heavy atom. The number of ether oxygens (including phenoxy) is 1. The Kier molecular flexibility index (Phi) is 9.19. The molecule has 0 fully saturated rings. The van der Waals surface area contributed by atoms with Crippen LogP contribution in [0.3, 0.4) is 0 Å². The van der Waals surface area contributed by atoms with Crippen molar-refractivity contribution in [3.05, 3.63) is 64.6 Å². The van der Waals surface area contributed by atoms with E-state index in [-0.39, 0.29) is 5.97 Å². The quantitative estimate of drug-likeness (QED) is 0.130. The number of hydrogen-bond donors (Lipinski definition) is 0. The van der Waals surface area contributed by atoms with Crippen LogP contribution in [0.25, 0.3) is 17.1 Å². The van der Waals surface area contributed by atoms with Crippen molar-refractivity contribution in [3.63, 3.8) is 0 Å². The minimum atomic E-state index is -0.179. The van der Waals surface area contributed by atoms with Crippen molar-refractivity contribution in [2.45, 2.75) is 38.4 Å². The van der Waals surface area contributed by atoms with Crippen molar-refractivity contribution < 1.29 is 14.2 Å². The number of thioether (sulfide) groups is 1. The summed E-state index contributed by atoms with van der Waals surface area (Å²) in [5.41, 5.74) is 4.69. The van der Waals surface area contributed by atoms with Gasteiger partial charge in [-0.1, -0.05) is 48.2 Å². The first-order valence-corrected chi connectivity index (χ1v) is 12.2. The Morgan fingerprint density at radius 3 is 2.64 bits per heavy atom. The molecule has 0 aliphatic carbocycles. The van der Waals surface area contributed by atoms with Crippen LogP contribution in [-0.2, 0) is 9.53 Å². The summed E-state index contributed by atoms with van der Waals surface area (Å²) in [7, 11) is 1.80. The van der Waals surface area contributed by atoms with Gasteiger partial charge in [0.25, 0.3) is 5.97 Å². The maximum Gasteiger partial charge on any atom is 0.297 e. The van der Waals surface area contributed by atoms with Crippen molar-refractivity contribution >= 4 is 48.4 Å². The molecule has 0 unspecified atom stereocenters. The van der Waals surface area contributed by atoms with Crippen LogP contribution in [0, 0.1) is 6.92 Å². The minimum absolute atomic E-state index is 0.179. The van der Waals surface area contributed by atoms with Gasteiger partial charge >= 0.3 is 0 Å². The fourth-order valence-corrected chi connectivity index (χ4v) is 4.38. The third-order valence-corrected chi connectivity index (χ3v) is 6.51. The molecule has 1 aromatic heterocycles. The molecule has 0 amide bonds. The number of anilines is 1. The van der Waals surface area contributed by atoms with E-state index in [4.69, 9.17) is 9.37 Å². The molecule has 0 radical (unpaired) electrons. The lowest BCUT2D eigenvalue weighted by molar-refractivity contribution is -0.140. The smallest absolute Gasteiger partial charge is 0.297 e. The van der Waals surface area contributed by atoms with Gasteiger partial charge in [-0.25, -0.2) is 4.63 Å². The molecule has 1 heterocycles. The topological polar surface area (TPSA) is 68.5 Å². The number of carbonyl (C=O) groups is 1. The van der Waals surface area contributed by atoms with Crippen LogP contribution < -0.4 is 4.90 Å². The second-order valence-corrected chi connectivity index (χ2v) is 8.59. The van der Waals surface area contributed by atoms with Crippen LogP contribution in [-0.4, -0.2) is 43.8 Å². The van der Waals surface area contributed by atoms with E-state index in [0.29, 0.717) is 19.3 Å². The number of benzene rings is 2. The lowest BCUT2D eigenvalue weighted by atomic mass is 10.1. The van der Waals surface area contributed by atoms with Crippen LogP contribution in [0.15, 0.2) is 63.0 Å². The molecule has 0 bridgehead atoms. The average molecular weight is 463 g/mol. The highest BCUT2D eigenvalue weighted by atomic mass is 32.2. The highest BCUT2D eigenvalue weighted by Crippen LogP contribution is 2.32. The molecule has 0 N–H and O–H groups in total. The largest absolute Gasteiger partial charge is 0.466 e. The molecule has 0 spiro atoms. The predicted molar refractivity (Wildman–Crippen MR) is 138 cm³/mol. The zero-order chi connectivity index (χ0) is 23.6. The van der Waals surface area contributed by atoms with E-state index in [0.717, 1.165) is 40.3 Å². The highest BCUT2D eigenvalue weighted by molar-refractivity contribution is 8.03. The monoisotopic (exact) mass is 463 g/mol. The van der Waals surface area contributed by atoms with Gasteiger partial charge in [-0.15, -0.1) is 0 Å². The summed E-state index contributed by atoms with van der Waals surface area (Å²) in [6.45, 7) is 8.48. The van der Waals surface area contributed by atoms with E-state index in [9.17, 15) is 4.79 Å². The number of rotatable bonds is 11. The number of fused-ring (bicyclic) bond motifs is 1. The summed E-state index contributed by atoms with van der Waals surface area (Å²) in [5.74, 6) is -0.179. The fourth-order valence-electron chi connectivity index (χ4n) is 3.42. The molecule has 6 nitrogen and oxygen atoms in total. The maximum absolute atomic E-state index is 11.4. The number of aromatic nitrogens is 2. The number of carbonyl (C=O) groups excluding carboxylic acids is 1. The molecule has 0 saturated heterocycles. The molecule has 0 saturated carbocycles. The highest BCUT2D eigenvalue weighted by Gasteiger charge is 2.14. The van der Waals surface area contributed by atoms with Gasteiger partial charge in [0.2, 0.25) is 0 Å². The lowest BCUT2D eigenvalue weighted by Crippen LogP contribution is -2.22. The van der Waals surface area contributed by atoms with Crippen molar-refractivity contribution in [1.29, 1.82) is 0 Å². The van der Waals surface area contributed by atoms with E-state index < -0.39 is 0 Å². The SMILES string of the molecule is BCC(=O)OCC/C=C(\C=C\c1ccc(N(CC)CC)c2nonc12)Sc1ccccc1C. The fraction of sp³-hybridized carbons (Fsp3) is 0.320. The summed E-state index contributed by atoms with van der Waals surface area (Å²) < 4.78 is 10.3. The van der Waals surface area contributed by atoms with Gasteiger partial charge in [-0.05, 0) is 54.9 Å². The third-order valence-electron chi connectivity index (χ3n) is 5.29. The Morgan fingerprint density at radius 2 is 1.91 bits per heavy atom. The van der Waals surface area contributed by atoms with Gasteiger partial charge < -0.3 is 9.64 Å². The Hall–Kier alpha value is -3.00. The maximum atomic E-state index is 11.4. The number of allylic oxidation sites excluding steroid dienone is 1. The van der Waals surface area contributed by atoms with Crippen LogP contribution >= 0.6 is 11.8 Å². The summed E-state index contributed by atoms with van der Waals surface area (Å²) in [5, 5.41) is 8.32. The number of nitrogens with zero attached hydrogens (tertiary/aromatic N) is 3. The molecule has 8 heteroatoms. The van der Waals surface area contributed by atoms with Crippen LogP contribution in [0.1, 0.15) is 31.4 Å². The number of aryl methyl sites for hydroxylation is 1. The number of esters is 1. The summed E-state index contributed by atoms with van der Waals surface area (Å²) in [6.07, 6.45) is 7.23. The molecule has 0 aliphatic rings. The zero-order valence-corrected chi connectivity index (χ0v) is 20.5. The third kappa shape index (κ3) is 6.51. The molecule has 0 aliphatic heterocycles. The Labute approximate surface area is 200 Å². The van der Waals surface area contributed by atoms with Crippen molar-refractivity contribution in [2.24, 2.45) is 0 Å². The van der Waals surface area contributed by atoms with Gasteiger partial charge in [0.1, 0.15) is 13.4 Å². The molecular formula is C25H30BN3O3S. The van der Waals surface area contributed by atoms with E-state index in [1.807, 2.05) is 18.2 Å². The van der Waals surface area contributed by atoms with Crippen molar-refractivity contribution in [1.82, 2.24) is 10.3 Å². The molecule has 33 heavy (non-hydrogen) atoms. The van der Waals surface area contributed by atoms with Crippen molar-refractivity contribution in [3.8, 4) is 0 Å². The second-order valence-electron chi connectivity index (χ2n) is 7.48. The molecule has 3 aromatic rings. The summed E-state index contributed by atoms with van der Waals surface area (Å²) in [4.78, 5) is 15.9. The van der Waals surface area contributed by atoms with Crippen LogP contribution in [0.4, 0.5) is 5.69 Å². The van der Waals surface area contributed by atoms with Crippen molar-refractivity contribution in [2.75, 3.05) is 24.6 Å². The van der Waals surface area contributed by atoms with E-state index in [1.165, 1.54) is 10.5 Å². The van der Waals surface area contributed by atoms with Gasteiger partial charge in [-0.2, -0.15) is 0 Å². The Balaban J connectivity index is 1.87. The summed E-state index contributed by atoms with van der Waals surface area (Å²) in [6, 6.07) is 12.4. The molecule has 172 valence electrons. The van der Waals surface area contributed by atoms with Crippen LogP contribution in [0.5, 0.6) is 0 Å². The summed E-state index contributed by atoms with van der Waals surface area (Å²) >= 11 is 1.69. The normalized spacial score (nSPS) is 11.9. The Bertz CT molecular complexity index is 1140. The average Bonchev–Trinajstić information content (AvgIpc) is 3.33. The second kappa shape index (κ2) is 12.3. The lowest BCUT2D eigenvalue weighted by Gasteiger charge is -2.20. The molecule has 2 aromatic carbocycles. The first-order valence-electron chi connectivity index (χ1n) is 11.3. The van der Waals surface area contributed by atoms with Gasteiger partial charge in [0, 0.05) is 41.2 Å². The van der Waals surface area contributed by atoms with Crippen LogP contribution in [0.2, 0.25) is 6.32 Å².